The summed E-state index contributed by atoms with van der Waals surface area (Å²) < 4.78 is 48.9. The highest BCUT2D eigenvalue weighted by Gasteiger charge is 2.31. The number of alkyl halides is 3. The van der Waals surface area contributed by atoms with E-state index in [1.54, 1.807) is 6.33 Å². The number of rotatable bonds is 6. The van der Waals surface area contributed by atoms with E-state index in [0.29, 0.717) is 41.8 Å². The maximum absolute atomic E-state index is 12.5. The number of fused-ring (bicyclic) bond motifs is 1. The Morgan fingerprint density at radius 3 is 2.50 bits per heavy atom. The Morgan fingerprint density at radius 2 is 1.82 bits per heavy atom. The molecule has 1 aliphatic carbocycles. The first kappa shape index (κ1) is 22.7. The van der Waals surface area contributed by atoms with E-state index in [2.05, 4.69) is 25.3 Å². The lowest BCUT2D eigenvalue weighted by molar-refractivity contribution is -0.274. The summed E-state index contributed by atoms with van der Waals surface area (Å²) in [6, 6.07) is 6.05. The molecule has 1 aromatic carbocycles. The molecule has 1 saturated heterocycles. The van der Waals surface area contributed by atoms with Crippen molar-refractivity contribution in [2.75, 3.05) is 23.8 Å². The smallest absolute Gasteiger partial charge is 0.406 e. The summed E-state index contributed by atoms with van der Waals surface area (Å²) in [5.74, 6) is 0.629. The summed E-state index contributed by atoms with van der Waals surface area (Å²) in [4.78, 5) is 13.9. The number of anilines is 3. The zero-order valence-electron chi connectivity index (χ0n) is 18.4. The van der Waals surface area contributed by atoms with E-state index >= 15 is 0 Å². The van der Waals surface area contributed by atoms with Gasteiger partial charge in [0.25, 0.3) is 0 Å². The van der Waals surface area contributed by atoms with Crippen molar-refractivity contribution in [3.05, 3.63) is 30.6 Å². The Morgan fingerprint density at radius 1 is 1.06 bits per heavy atom. The molecule has 12 heteroatoms. The van der Waals surface area contributed by atoms with Crippen molar-refractivity contribution in [1.82, 2.24) is 19.5 Å². The first-order chi connectivity index (χ1) is 16.3. The first-order valence-corrected chi connectivity index (χ1v) is 11.3. The normalized spacial score (nSPS) is 23.2. The first-order valence-electron chi connectivity index (χ1n) is 11.3. The van der Waals surface area contributed by atoms with Crippen LogP contribution in [0, 0.1) is 0 Å². The van der Waals surface area contributed by atoms with Crippen LogP contribution >= 0.6 is 0 Å². The van der Waals surface area contributed by atoms with Crippen LogP contribution in [0.4, 0.5) is 30.6 Å². The number of benzene rings is 1. The molecule has 1 saturated carbocycles. The standard InChI is InChI=1S/C22H26F3N7O2/c23-22(24,25)34-17-7-5-14(6-8-17)28-19-18-20(32(12-27-18)16-9-10-33-11-16)31-21(30-19)29-15-3-1-13(26)2-4-15/h5-8,12-13,15-16H,1-4,9-11,26H2,(H2,28,29,30,31). The SMILES string of the molecule is NC1CCC(Nc2nc(Nc3ccc(OC(F)(F)F)cc3)c3ncn(C4CCOC4)c3n2)CC1. The molecule has 0 bridgehead atoms. The van der Waals surface area contributed by atoms with Crippen LogP contribution in [0.15, 0.2) is 30.6 Å². The van der Waals surface area contributed by atoms with E-state index in [9.17, 15) is 13.2 Å². The molecule has 9 nitrogen and oxygen atoms in total. The van der Waals surface area contributed by atoms with Crippen LogP contribution < -0.4 is 21.1 Å². The molecule has 2 aromatic heterocycles. The molecule has 2 aliphatic rings. The van der Waals surface area contributed by atoms with Gasteiger partial charge in [-0.3, -0.25) is 0 Å². The van der Waals surface area contributed by atoms with Gasteiger partial charge in [0.2, 0.25) is 5.95 Å². The molecule has 0 spiro atoms. The van der Waals surface area contributed by atoms with Gasteiger partial charge in [-0.05, 0) is 56.4 Å². The van der Waals surface area contributed by atoms with E-state index in [0.717, 1.165) is 32.1 Å². The second kappa shape index (κ2) is 9.26. The predicted molar refractivity (Wildman–Crippen MR) is 120 cm³/mol. The van der Waals surface area contributed by atoms with Crippen LogP contribution in [-0.4, -0.2) is 51.2 Å². The fraction of sp³-hybridized carbons (Fsp3) is 0.500. The van der Waals surface area contributed by atoms with Crippen molar-refractivity contribution in [3.63, 3.8) is 0 Å². The number of nitrogens with two attached hydrogens (primary N) is 1. The van der Waals surface area contributed by atoms with Gasteiger partial charge in [0, 0.05) is 24.4 Å². The fourth-order valence-electron chi connectivity index (χ4n) is 4.40. The minimum Gasteiger partial charge on any atom is -0.406 e. The summed E-state index contributed by atoms with van der Waals surface area (Å²) in [6.45, 7) is 1.27. The minimum atomic E-state index is -4.74. The van der Waals surface area contributed by atoms with Crippen molar-refractivity contribution in [3.8, 4) is 5.75 Å². The minimum absolute atomic E-state index is 0.132. The maximum atomic E-state index is 12.5. The van der Waals surface area contributed by atoms with Crippen LogP contribution in [0.5, 0.6) is 5.75 Å². The predicted octanol–water partition coefficient (Wildman–Crippen LogP) is 4.11. The van der Waals surface area contributed by atoms with Gasteiger partial charge in [-0.15, -0.1) is 13.2 Å². The summed E-state index contributed by atoms with van der Waals surface area (Å²) in [6.07, 6.45) is 1.59. The molecule has 3 aromatic rings. The van der Waals surface area contributed by atoms with E-state index in [1.165, 1.54) is 24.3 Å². The number of ether oxygens (including phenoxy) is 2. The van der Waals surface area contributed by atoms with Gasteiger partial charge in [0.15, 0.2) is 17.0 Å². The highest BCUT2D eigenvalue weighted by molar-refractivity contribution is 5.86. The Balaban J connectivity index is 1.44. The molecule has 0 amide bonds. The molecular weight excluding hydrogens is 451 g/mol. The van der Waals surface area contributed by atoms with Crippen molar-refractivity contribution < 1.29 is 22.6 Å². The molecule has 5 rings (SSSR count). The van der Waals surface area contributed by atoms with Crippen LogP contribution in [-0.2, 0) is 4.74 Å². The molecule has 182 valence electrons. The molecule has 1 unspecified atom stereocenters. The summed E-state index contributed by atoms with van der Waals surface area (Å²) in [7, 11) is 0. The number of halogens is 3. The van der Waals surface area contributed by atoms with Crippen molar-refractivity contribution >= 4 is 28.6 Å². The van der Waals surface area contributed by atoms with E-state index in [4.69, 9.17) is 15.5 Å². The second-order valence-corrected chi connectivity index (χ2v) is 8.69. The van der Waals surface area contributed by atoms with Gasteiger partial charge in [-0.25, -0.2) is 4.98 Å². The average molecular weight is 477 g/mol. The van der Waals surface area contributed by atoms with Crippen LogP contribution in [0.2, 0.25) is 0 Å². The van der Waals surface area contributed by atoms with Crippen molar-refractivity contribution in [2.24, 2.45) is 5.73 Å². The molecular formula is C22H26F3N7O2. The summed E-state index contributed by atoms with van der Waals surface area (Å²) in [5, 5.41) is 6.60. The van der Waals surface area contributed by atoms with Crippen LogP contribution in [0.25, 0.3) is 11.2 Å². The summed E-state index contributed by atoms with van der Waals surface area (Å²) in [5.41, 5.74) is 7.81. The molecule has 1 aliphatic heterocycles. The molecule has 4 N–H and O–H groups in total. The zero-order chi connectivity index (χ0) is 23.7. The third-order valence-corrected chi connectivity index (χ3v) is 6.18. The quantitative estimate of drug-likeness (QED) is 0.486. The zero-order valence-corrected chi connectivity index (χ0v) is 18.4. The third-order valence-electron chi connectivity index (χ3n) is 6.18. The van der Waals surface area contributed by atoms with Crippen molar-refractivity contribution in [1.29, 1.82) is 0 Å². The topological polar surface area (TPSA) is 112 Å². The highest BCUT2D eigenvalue weighted by atomic mass is 19.4. The van der Waals surface area contributed by atoms with Crippen LogP contribution in [0.1, 0.15) is 38.1 Å². The Labute approximate surface area is 193 Å². The Hall–Kier alpha value is -3.12. The monoisotopic (exact) mass is 477 g/mol. The van der Waals surface area contributed by atoms with Gasteiger partial charge in [0.1, 0.15) is 5.75 Å². The Bertz CT molecular complexity index is 1120. The molecule has 2 fully saturated rings. The van der Waals surface area contributed by atoms with Crippen LogP contribution in [0.3, 0.4) is 0 Å². The average Bonchev–Trinajstić information content (AvgIpc) is 3.46. The number of imidazole rings is 1. The lowest BCUT2D eigenvalue weighted by Gasteiger charge is -2.27. The molecule has 34 heavy (non-hydrogen) atoms. The highest BCUT2D eigenvalue weighted by Crippen LogP contribution is 2.31. The van der Waals surface area contributed by atoms with Gasteiger partial charge in [0.05, 0.1) is 19.0 Å². The Kier molecular flexibility index (Phi) is 6.17. The fourth-order valence-corrected chi connectivity index (χ4v) is 4.40. The second-order valence-electron chi connectivity index (χ2n) is 8.69. The van der Waals surface area contributed by atoms with Crippen molar-refractivity contribution in [2.45, 2.75) is 56.6 Å². The maximum Gasteiger partial charge on any atom is 0.573 e. The number of nitrogens with zero attached hydrogens (tertiary/aromatic N) is 4. The molecule has 3 heterocycles. The van der Waals surface area contributed by atoms with Gasteiger partial charge in [-0.1, -0.05) is 0 Å². The lowest BCUT2D eigenvalue weighted by Crippen LogP contribution is -2.33. The van der Waals surface area contributed by atoms with Gasteiger partial charge < -0.3 is 30.4 Å². The molecule has 0 radical (unpaired) electrons. The molecule has 1 atom stereocenters. The largest absolute Gasteiger partial charge is 0.573 e. The van der Waals surface area contributed by atoms with Gasteiger partial charge >= 0.3 is 6.36 Å². The lowest BCUT2D eigenvalue weighted by atomic mass is 9.92. The third kappa shape index (κ3) is 5.17. The van der Waals surface area contributed by atoms with E-state index < -0.39 is 6.36 Å². The number of hydrogen-bond donors (Lipinski definition) is 3. The number of aromatic nitrogens is 4. The summed E-state index contributed by atoms with van der Waals surface area (Å²) >= 11 is 0. The number of nitrogens with one attached hydrogen (secondary N) is 2. The van der Waals surface area contributed by atoms with Gasteiger partial charge in [-0.2, -0.15) is 9.97 Å². The van der Waals surface area contributed by atoms with E-state index in [1.807, 2.05) is 4.57 Å². The number of hydrogen-bond acceptors (Lipinski definition) is 8. The van der Waals surface area contributed by atoms with E-state index in [-0.39, 0.29) is 23.9 Å².